The average Bonchev–Trinajstić information content (AvgIpc) is 2.88. The van der Waals surface area contributed by atoms with Crippen LogP contribution in [0.1, 0.15) is 5.56 Å². The Balaban J connectivity index is 2.31. The van der Waals surface area contributed by atoms with Gasteiger partial charge in [-0.2, -0.15) is 0 Å². The summed E-state index contributed by atoms with van der Waals surface area (Å²) in [4.78, 5) is 22.1. The summed E-state index contributed by atoms with van der Waals surface area (Å²) in [7, 11) is 1.67. The fourth-order valence-electron chi connectivity index (χ4n) is 1.97. The van der Waals surface area contributed by atoms with E-state index in [4.69, 9.17) is 11.6 Å². The van der Waals surface area contributed by atoms with Crippen LogP contribution in [0.4, 0.5) is 0 Å². The van der Waals surface area contributed by atoms with Gasteiger partial charge in [-0.15, -0.1) is 0 Å². The van der Waals surface area contributed by atoms with Gasteiger partial charge in [-0.3, -0.25) is 9.36 Å². The van der Waals surface area contributed by atoms with E-state index in [1.165, 1.54) is 4.57 Å². The Kier molecular flexibility index (Phi) is 2.57. The molecule has 3 rings (SSSR count). The van der Waals surface area contributed by atoms with E-state index in [0.29, 0.717) is 15.9 Å². The number of aromatic amines is 2. The van der Waals surface area contributed by atoms with Gasteiger partial charge in [-0.1, -0.05) is 18.2 Å². The lowest BCUT2D eigenvalue weighted by Gasteiger charge is -1.91. The minimum atomic E-state index is -0.116. The molecule has 5 nitrogen and oxygen atoms in total. The number of hydrogen-bond acceptors (Lipinski definition) is 2. The predicted molar refractivity (Wildman–Crippen MR) is 75.5 cm³/mol. The first-order chi connectivity index (χ1) is 9.06. The molecule has 2 N–H and O–H groups in total. The minimum absolute atomic E-state index is 0.116. The largest absolute Gasteiger partial charge is 0.346 e. The number of nitrogens with one attached hydrogen (secondary N) is 2. The molecule has 0 aromatic carbocycles. The Hall–Kier alpha value is -2.27. The predicted octanol–water partition coefficient (Wildman–Crippen LogP) is 0.482. The highest BCUT2D eigenvalue weighted by molar-refractivity contribution is 6.31. The highest BCUT2D eigenvalue weighted by Crippen LogP contribution is 2.20. The van der Waals surface area contributed by atoms with Gasteiger partial charge in [-0.05, 0) is 12.1 Å². The summed E-state index contributed by atoms with van der Waals surface area (Å²) in [6.07, 6.45) is 5.12. The number of hydrogen-bond donors (Lipinski definition) is 2. The van der Waals surface area contributed by atoms with Crippen LogP contribution >= 0.6 is 11.6 Å². The minimum Gasteiger partial charge on any atom is -0.346 e. The lowest BCUT2D eigenvalue weighted by molar-refractivity contribution is 0.840. The molecule has 0 saturated carbocycles. The molecular formula is C13H11ClN4O. The van der Waals surface area contributed by atoms with Crippen molar-refractivity contribution in [3.8, 4) is 0 Å². The molecule has 3 aromatic heterocycles. The van der Waals surface area contributed by atoms with Crippen LogP contribution in [-0.2, 0) is 7.05 Å². The maximum atomic E-state index is 11.9. The van der Waals surface area contributed by atoms with E-state index >= 15 is 0 Å². The zero-order chi connectivity index (χ0) is 13.6. The molecule has 96 valence electrons. The maximum Gasteiger partial charge on any atom is 0.275 e. The van der Waals surface area contributed by atoms with Gasteiger partial charge in [0.1, 0.15) is 16.5 Å². The average molecular weight is 275 g/mol. The van der Waals surface area contributed by atoms with E-state index in [-0.39, 0.29) is 5.56 Å². The number of halogens is 1. The van der Waals surface area contributed by atoms with Gasteiger partial charge in [0.2, 0.25) is 0 Å². The Labute approximate surface area is 112 Å². The molecule has 0 aliphatic carbocycles. The molecule has 0 amide bonds. The summed E-state index contributed by atoms with van der Waals surface area (Å²) < 4.78 is 1.46. The lowest BCUT2D eigenvalue weighted by Crippen LogP contribution is -2.28. The molecule has 0 atom stereocenters. The van der Waals surface area contributed by atoms with Crippen molar-refractivity contribution in [1.82, 2.24) is 19.5 Å². The van der Waals surface area contributed by atoms with E-state index < -0.39 is 0 Å². The van der Waals surface area contributed by atoms with Gasteiger partial charge < -0.3 is 9.97 Å². The summed E-state index contributed by atoms with van der Waals surface area (Å²) in [5, 5.41) is 1.90. The Morgan fingerprint density at radius 3 is 3.00 bits per heavy atom. The second-order valence-electron chi connectivity index (χ2n) is 4.29. The number of pyridine rings is 1. The van der Waals surface area contributed by atoms with E-state index in [9.17, 15) is 4.79 Å². The van der Waals surface area contributed by atoms with E-state index in [2.05, 4.69) is 21.5 Å². The first-order valence-electron chi connectivity index (χ1n) is 5.64. The van der Waals surface area contributed by atoms with Crippen molar-refractivity contribution in [1.29, 1.82) is 0 Å². The number of rotatable bonds is 1. The molecule has 0 aliphatic heterocycles. The Morgan fingerprint density at radius 2 is 2.32 bits per heavy atom. The molecule has 6 heteroatoms. The smallest absolute Gasteiger partial charge is 0.275 e. The molecular weight excluding hydrogens is 264 g/mol. The van der Waals surface area contributed by atoms with Gasteiger partial charge in [0, 0.05) is 30.4 Å². The quantitative estimate of drug-likeness (QED) is 0.678. The molecule has 0 fully saturated rings. The third kappa shape index (κ3) is 1.88. The van der Waals surface area contributed by atoms with Crippen molar-refractivity contribution < 1.29 is 0 Å². The van der Waals surface area contributed by atoms with E-state index in [0.717, 1.165) is 16.6 Å². The number of fused-ring (bicyclic) bond motifs is 1. The third-order valence-electron chi connectivity index (χ3n) is 3.05. The Morgan fingerprint density at radius 1 is 1.53 bits per heavy atom. The van der Waals surface area contributed by atoms with E-state index in [1.807, 2.05) is 6.07 Å². The summed E-state index contributed by atoms with van der Waals surface area (Å²) in [6.45, 7) is 3.75. The first-order valence-corrected chi connectivity index (χ1v) is 6.02. The molecule has 19 heavy (non-hydrogen) atoms. The Bertz CT molecular complexity index is 932. The molecule has 0 bridgehead atoms. The molecule has 0 spiro atoms. The van der Waals surface area contributed by atoms with Gasteiger partial charge in [0.05, 0.1) is 5.02 Å². The van der Waals surface area contributed by atoms with Crippen LogP contribution in [0, 0.1) is 0 Å². The van der Waals surface area contributed by atoms with Crippen LogP contribution < -0.4 is 16.4 Å². The summed E-state index contributed by atoms with van der Waals surface area (Å²) in [5.74, 6) is 0. The highest BCUT2D eigenvalue weighted by Gasteiger charge is 2.04. The van der Waals surface area contributed by atoms with Crippen LogP contribution in [0.3, 0.4) is 0 Å². The fourth-order valence-corrected chi connectivity index (χ4v) is 2.12. The summed E-state index contributed by atoms with van der Waals surface area (Å²) in [6, 6.07) is 1.81. The zero-order valence-electron chi connectivity index (χ0n) is 10.2. The topological polar surface area (TPSA) is 66.5 Å². The number of aromatic nitrogens is 4. The highest BCUT2D eigenvalue weighted by atomic mass is 35.5. The normalized spacial score (nSPS) is 12.4. The van der Waals surface area contributed by atoms with Crippen molar-refractivity contribution in [3.05, 3.63) is 50.2 Å². The molecule has 0 radical (unpaired) electrons. The van der Waals surface area contributed by atoms with Crippen LogP contribution in [-0.4, -0.2) is 19.5 Å². The van der Waals surface area contributed by atoms with E-state index in [1.54, 1.807) is 25.5 Å². The third-order valence-corrected chi connectivity index (χ3v) is 3.26. The fraction of sp³-hybridized carbons (Fsp3) is 0.0769. The molecule has 0 saturated heterocycles. The molecule has 3 heterocycles. The monoisotopic (exact) mass is 274 g/mol. The number of H-pyrrole nitrogens is 2. The van der Waals surface area contributed by atoms with Crippen molar-refractivity contribution in [2.75, 3.05) is 0 Å². The van der Waals surface area contributed by atoms with Gasteiger partial charge in [-0.25, -0.2) is 4.98 Å². The SMILES string of the molecule is C=c1[nH]c(=Cc2c[nH]c3ncc(Cl)cc23)c(=O)n1C. The molecule has 0 aliphatic rings. The lowest BCUT2D eigenvalue weighted by atomic mass is 10.2. The van der Waals surface area contributed by atoms with Crippen LogP contribution in [0.2, 0.25) is 5.02 Å². The number of imidazole rings is 1. The second-order valence-corrected chi connectivity index (χ2v) is 4.72. The first kappa shape index (κ1) is 11.8. The zero-order valence-corrected chi connectivity index (χ0v) is 11.0. The van der Waals surface area contributed by atoms with Gasteiger partial charge >= 0.3 is 0 Å². The molecule has 3 aromatic rings. The van der Waals surface area contributed by atoms with Crippen LogP contribution in [0.15, 0.2) is 23.3 Å². The summed E-state index contributed by atoms with van der Waals surface area (Å²) >= 11 is 5.94. The number of nitrogens with zero attached hydrogens (tertiary/aromatic N) is 2. The van der Waals surface area contributed by atoms with Gasteiger partial charge in [0.15, 0.2) is 0 Å². The maximum absolute atomic E-state index is 11.9. The molecule has 0 unspecified atom stereocenters. The van der Waals surface area contributed by atoms with Crippen LogP contribution in [0.5, 0.6) is 0 Å². The standard InChI is InChI=1S/C13H11ClN4O/c1-7-17-11(13(19)18(7)2)3-8-5-15-12-10(8)4-9(14)6-16-12/h3-6,17H,1H2,2H3,(H,15,16). The van der Waals surface area contributed by atoms with Crippen LogP contribution in [0.25, 0.3) is 23.7 Å². The summed E-state index contributed by atoms with van der Waals surface area (Å²) in [5.41, 5.74) is 2.03. The van der Waals surface area contributed by atoms with Crippen molar-refractivity contribution >= 4 is 35.3 Å². The van der Waals surface area contributed by atoms with Gasteiger partial charge in [0.25, 0.3) is 5.56 Å². The van der Waals surface area contributed by atoms with Crippen molar-refractivity contribution in [2.45, 2.75) is 0 Å². The van der Waals surface area contributed by atoms with Crippen molar-refractivity contribution in [2.24, 2.45) is 7.05 Å². The van der Waals surface area contributed by atoms with Crippen molar-refractivity contribution in [3.63, 3.8) is 0 Å². The second kappa shape index (κ2) is 4.13.